The van der Waals surface area contributed by atoms with E-state index in [1.165, 1.54) is 25.7 Å². The maximum absolute atomic E-state index is 5.96. The van der Waals surface area contributed by atoms with Crippen LogP contribution in [0.15, 0.2) is 33.3 Å². The van der Waals surface area contributed by atoms with Crippen molar-refractivity contribution in [3.63, 3.8) is 0 Å². The van der Waals surface area contributed by atoms with Crippen molar-refractivity contribution in [1.82, 2.24) is 5.16 Å². The van der Waals surface area contributed by atoms with Crippen LogP contribution < -0.4 is 5.73 Å². The number of nitrogens with zero attached hydrogens (tertiary/aromatic N) is 1. The summed E-state index contributed by atoms with van der Waals surface area (Å²) in [6.07, 6.45) is 7.10. The summed E-state index contributed by atoms with van der Waals surface area (Å²) >= 11 is 3.49. The molecule has 0 amide bonds. The molecule has 0 aliphatic rings. The summed E-state index contributed by atoms with van der Waals surface area (Å²) in [6, 6.07) is 8.08. The molecule has 20 heavy (non-hydrogen) atoms. The second kappa shape index (κ2) is 7.48. The Kier molecular flexibility index (Phi) is 5.65. The minimum absolute atomic E-state index is 0.478. The number of unbranched alkanes of at least 4 members (excludes halogenated alkanes) is 4. The van der Waals surface area contributed by atoms with Gasteiger partial charge in [0.25, 0.3) is 0 Å². The highest BCUT2D eigenvalue weighted by Gasteiger charge is 2.15. The topological polar surface area (TPSA) is 52.0 Å². The number of anilines is 1. The molecule has 0 aliphatic heterocycles. The molecule has 2 aromatic rings. The predicted molar refractivity (Wildman–Crippen MR) is 86.5 cm³/mol. The Hall–Kier alpha value is -1.29. The van der Waals surface area contributed by atoms with Gasteiger partial charge in [0, 0.05) is 10.9 Å². The maximum atomic E-state index is 5.96. The smallest absolute Gasteiger partial charge is 0.175 e. The van der Waals surface area contributed by atoms with Gasteiger partial charge in [-0.1, -0.05) is 65.8 Å². The summed E-state index contributed by atoms with van der Waals surface area (Å²) in [5.41, 5.74) is 7.96. The standard InChI is InChI=1S/C16H21BrN2O/c1-2-3-4-5-6-10-14-15(16(18)19-20-14)12-8-7-9-13(17)11-12/h7-9,11H,2-6,10H2,1H3,(H2,18,19). The minimum Gasteiger partial charge on any atom is -0.380 e. The van der Waals surface area contributed by atoms with Crippen molar-refractivity contribution in [3.05, 3.63) is 34.5 Å². The zero-order valence-electron chi connectivity index (χ0n) is 11.9. The van der Waals surface area contributed by atoms with Gasteiger partial charge >= 0.3 is 0 Å². The summed E-state index contributed by atoms with van der Waals surface area (Å²) in [4.78, 5) is 0. The number of hydrogen-bond acceptors (Lipinski definition) is 3. The van der Waals surface area contributed by atoms with Crippen LogP contribution in [0.3, 0.4) is 0 Å². The number of hydrogen-bond donors (Lipinski definition) is 1. The van der Waals surface area contributed by atoms with Crippen LogP contribution in [0.4, 0.5) is 5.82 Å². The molecule has 0 saturated heterocycles. The Morgan fingerprint density at radius 3 is 2.75 bits per heavy atom. The van der Waals surface area contributed by atoms with Crippen LogP contribution >= 0.6 is 15.9 Å². The van der Waals surface area contributed by atoms with Crippen molar-refractivity contribution in [3.8, 4) is 11.1 Å². The van der Waals surface area contributed by atoms with E-state index in [9.17, 15) is 0 Å². The van der Waals surface area contributed by atoms with Crippen LogP contribution in [0, 0.1) is 0 Å². The molecule has 2 N–H and O–H groups in total. The zero-order chi connectivity index (χ0) is 14.4. The van der Waals surface area contributed by atoms with E-state index in [4.69, 9.17) is 10.3 Å². The number of rotatable bonds is 7. The fourth-order valence-electron chi connectivity index (χ4n) is 2.35. The van der Waals surface area contributed by atoms with E-state index in [1.54, 1.807) is 0 Å². The number of halogens is 1. The molecule has 0 saturated carbocycles. The van der Waals surface area contributed by atoms with Crippen molar-refractivity contribution in [2.45, 2.75) is 45.4 Å². The summed E-state index contributed by atoms with van der Waals surface area (Å²) in [7, 11) is 0. The summed E-state index contributed by atoms with van der Waals surface area (Å²) in [5.74, 6) is 1.38. The van der Waals surface area contributed by atoms with Gasteiger partial charge in [-0.05, 0) is 24.1 Å². The molecule has 108 valence electrons. The van der Waals surface area contributed by atoms with Gasteiger partial charge in [0.05, 0.1) is 5.56 Å². The van der Waals surface area contributed by atoms with Crippen molar-refractivity contribution in [1.29, 1.82) is 0 Å². The lowest BCUT2D eigenvalue weighted by Crippen LogP contribution is -1.91. The zero-order valence-corrected chi connectivity index (χ0v) is 13.4. The summed E-state index contributed by atoms with van der Waals surface area (Å²) < 4.78 is 6.44. The van der Waals surface area contributed by atoms with Gasteiger partial charge in [-0.25, -0.2) is 0 Å². The maximum Gasteiger partial charge on any atom is 0.175 e. The van der Waals surface area contributed by atoms with Crippen LogP contribution in [-0.2, 0) is 6.42 Å². The van der Waals surface area contributed by atoms with Gasteiger partial charge in [-0.15, -0.1) is 0 Å². The van der Waals surface area contributed by atoms with Gasteiger partial charge in [-0.3, -0.25) is 0 Å². The number of aryl methyl sites for hydroxylation is 1. The quantitative estimate of drug-likeness (QED) is 0.707. The second-order valence-electron chi connectivity index (χ2n) is 5.04. The van der Waals surface area contributed by atoms with E-state index in [0.717, 1.165) is 34.2 Å². The van der Waals surface area contributed by atoms with Gasteiger partial charge in [0.2, 0.25) is 0 Å². The average molecular weight is 337 g/mol. The molecule has 0 bridgehead atoms. The molecule has 0 spiro atoms. The Bertz CT molecular complexity index is 551. The Labute approximate surface area is 128 Å². The first-order valence-corrected chi connectivity index (χ1v) is 8.01. The average Bonchev–Trinajstić information content (AvgIpc) is 2.80. The highest BCUT2D eigenvalue weighted by Crippen LogP contribution is 2.32. The van der Waals surface area contributed by atoms with Crippen molar-refractivity contribution in [2.24, 2.45) is 0 Å². The number of aromatic nitrogens is 1. The Balaban J connectivity index is 2.08. The largest absolute Gasteiger partial charge is 0.380 e. The Morgan fingerprint density at radius 2 is 2.00 bits per heavy atom. The Morgan fingerprint density at radius 1 is 1.20 bits per heavy atom. The molecule has 0 unspecified atom stereocenters. The summed E-state index contributed by atoms with van der Waals surface area (Å²) in [5, 5.41) is 3.93. The fraction of sp³-hybridized carbons (Fsp3) is 0.438. The lowest BCUT2D eigenvalue weighted by atomic mass is 10.0. The fourth-order valence-corrected chi connectivity index (χ4v) is 2.75. The van der Waals surface area contributed by atoms with E-state index in [1.807, 2.05) is 24.3 Å². The van der Waals surface area contributed by atoms with Crippen LogP contribution in [0.2, 0.25) is 0 Å². The van der Waals surface area contributed by atoms with Crippen LogP contribution in [0.1, 0.15) is 44.8 Å². The van der Waals surface area contributed by atoms with Crippen LogP contribution in [-0.4, -0.2) is 5.16 Å². The molecule has 0 fully saturated rings. The SMILES string of the molecule is CCCCCCCc1onc(N)c1-c1cccc(Br)c1. The lowest BCUT2D eigenvalue weighted by Gasteiger charge is -2.03. The predicted octanol–water partition coefficient (Wildman–Crippen LogP) is 5.20. The van der Waals surface area contributed by atoms with Crippen molar-refractivity contribution < 1.29 is 4.52 Å². The monoisotopic (exact) mass is 336 g/mol. The normalized spacial score (nSPS) is 10.9. The van der Waals surface area contributed by atoms with Gasteiger partial charge in [0.1, 0.15) is 5.76 Å². The van der Waals surface area contributed by atoms with E-state index in [0.29, 0.717) is 5.82 Å². The van der Waals surface area contributed by atoms with Crippen molar-refractivity contribution in [2.75, 3.05) is 5.73 Å². The molecule has 4 heteroatoms. The first-order valence-electron chi connectivity index (χ1n) is 7.22. The van der Waals surface area contributed by atoms with E-state index < -0.39 is 0 Å². The number of nitrogen functional groups attached to an aromatic ring is 1. The molecule has 0 aliphatic carbocycles. The molecule has 1 aromatic carbocycles. The highest BCUT2D eigenvalue weighted by molar-refractivity contribution is 9.10. The number of nitrogens with two attached hydrogens (primary N) is 1. The van der Waals surface area contributed by atoms with Gasteiger partial charge in [0.15, 0.2) is 5.82 Å². The van der Waals surface area contributed by atoms with Gasteiger partial charge in [-0.2, -0.15) is 0 Å². The first-order chi connectivity index (χ1) is 9.72. The second-order valence-corrected chi connectivity index (χ2v) is 5.96. The van der Waals surface area contributed by atoms with E-state index >= 15 is 0 Å². The number of benzene rings is 1. The molecule has 0 radical (unpaired) electrons. The molecular formula is C16H21BrN2O. The molecule has 1 heterocycles. The summed E-state index contributed by atoms with van der Waals surface area (Å²) in [6.45, 7) is 2.22. The van der Waals surface area contributed by atoms with E-state index in [-0.39, 0.29) is 0 Å². The highest BCUT2D eigenvalue weighted by atomic mass is 79.9. The van der Waals surface area contributed by atoms with Crippen LogP contribution in [0.25, 0.3) is 11.1 Å². The third-order valence-corrected chi connectivity index (χ3v) is 3.90. The third kappa shape index (κ3) is 3.85. The molecular weight excluding hydrogens is 316 g/mol. The molecule has 1 aromatic heterocycles. The lowest BCUT2D eigenvalue weighted by molar-refractivity contribution is 0.381. The van der Waals surface area contributed by atoms with Crippen LogP contribution in [0.5, 0.6) is 0 Å². The molecule has 3 nitrogen and oxygen atoms in total. The molecule has 0 atom stereocenters. The van der Waals surface area contributed by atoms with E-state index in [2.05, 4.69) is 28.0 Å². The molecule has 2 rings (SSSR count). The minimum atomic E-state index is 0.478. The van der Waals surface area contributed by atoms with Crippen molar-refractivity contribution >= 4 is 21.7 Å². The third-order valence-electron chi connectivity index (χ3n) is 3.41. The first kappa shape index (κ1) is 15.1. The van der Waals surface area contributed by atoms with Gasteiger partial charge < -0.3 is 10.3 Å².